The summed E-state index contributed by atoms with van der Waals surface area (Å²) >= 11 is 0. The smallest absolute Gasteiger partial charge is 0.259 e. The van der Waals surface area contributed by atoms with Crippen LogP contribution in [0.25, 0.3) is 0 Å². The lowest BCUT2D eigenvalue weighted by molar-refractivity contribution is -0.126. The highest BCUT2D eigenvalue weighted by Crippen LogP contribution is 2.42. The van der Waals surface area contributed by atoms with E-state index in [2.05, 4.69) is 10.5 Å². The van der Waals surface area contributed by atoms with Crippen molar-refractivity contribution < 1.29 is 18.8 Å². The number of likely N-dealkylation sites (tertiary alicyclic amines) is 1. The number of methoxy groups -OCH3 is 1. The Kier molecular flexibility index (Phi) is 4.14. The third-order valence-corrected chi connectivity index (χ3v) is 5.30. The first-order valence-electron chi connectivity index (χ1n) is 7.97. The van der Waals surface area contributed by atoms with Crippen molar-refractivity contribution in [3.8, 4) is 0 Å². The number of aryl methyl sites for hydroxylation is 2. The molecule has 0 aromatic carbocycles. The second-order valence-corrected chi connectivity index (χ2v) is 6.58. The Bertz CT molecular complexity index is 597. The normalized spacial score (nSPS) is 23.3. The van der Waals surface area contributed by atoms with Crippen molar-refractivity contribution in [2.75, 3.05) is 33.4 Å². The summed E-state index contributed by atoms with van der Waals surface area (Å²) in [6.45, 7) is 5.92. The van der Waals surface area contributed by atoms with E-state index < -0.39 is 0 Å². The van der Waals surface area contributed by atoms with Crippen LogP contribution in [-0.4, -0.2) is 55.2 Å². The van der Waals surface area contributed by atoms with Gasteiger partial charge in [0.25, 0.3) is 5.91 Å². The molecule has 1 aromatic heterocycles. The number of carbonyl (C=O) groups excluding carboxylic acids is 2. The molecule has 2 aliphatic rings. The van der Waals surface area contributed by atoms with Crippen LogP contribution >= 0.6 is 0 Å². The summed E-state index contributed by atoms with van der Waals surface area (Å²) in [6, 6.07) is 0. The summed E-state index contributed by atoms with van der Waals surface area (Å²) in [4.78, 5) is 26.6. The average molecular weight is 321 g/mol. The number of aromatic nitrogens is 1. The van der Waals surface area contributed by atoms with Gasteiger partial charge in [-0.25, -0.2) is 0 Å². The minimum atomic E-state index is -0.121. The number of rotatable bonds is 3. The van der Waals surface area contributed by atoms with Gasteiger partial charge in [-0.05, 0) is 26.7 Å². The molecule has 7 nitrogen and oxygen atoms in total. The number of piperidine rings is 1. The van der Waals surface area contributed by atoms with Crippen molar-refractivity contribution >= 4 is 11.8 Å². The summed E-state index contributed by atoms with van der Waals surface area (Å²) in [5.41, 5.74) is 1.10. The van der Waals surface area contributed by atoms with Crippen LogP contribution in [0.3, 0.4) is 0 Å². The molecule has 2 fully saturated rings. The SMILES string of the molecule is COC[C@@H]1C(=O)NCC12CCN(C(=O)c1c(C)noc1C)CC2. The van der Waals surface area contributed by atoms with Crippen molar-refractivity contribution in [2.45, 2.75) is 26.7 Å². The number of nitrogens with zero attached hydrogens (tertiary/aromatic N) is 2. The molecule has 3 heterocycles. The standard InChI is InChI=1S/C16H23N3O4/c1-10-13(11(2)23-18-10)15(21)19-6-4-16(5-7-19)9-17-14(20)12(16)8-22-3/h12H,4-9H2,1-3H3,(H,17,20)/t12-/m1/s1. The minimum Gasteiger partial charge on any atom is -0.384 e. The molecule has 3 rings (SSSR count). The van der Waals surface area contributed by atoms with Crippen LogP contribution in [0.4, 0.5) is 0 Å². The zero-order valence-corrected chi connectivity index (χ0v) is 13.8. The highest BCUT2D eigenvalue weighted by molar-refractivity contribution is 5.96. The van der Waals surface area contributed by atoms with Gasteiger partial charge in [-0.1, -0.05) is 5.16 Å². The molecule has 23 heavy (non-hydrogen) atoms. The molecule has 7 heteroatoms. The van der Waals surface area contributed by atoms with Crippen molar-refractivity contribution in [3.63, 3.8) is 0 Å². The van der Waals surface area contributed by atoms with E-state index in [1.807, 2.05) is 4.90 Å². The first-order valence-corrected chi connectivity index (χ1v) is 7.97. The molecule has 2 saturated heterocycles. The molecular formula is C16H23N3O4. The lowest BCUT2D eigenvalue weighted by Crippen LogP contribution is -2.47. The first kappa shape index (κ1) is 16.0. The fourth-order valence-corrected chi connectivity index (χ4v) is 3.83. The summed E-state index contributed by atoms with van der Waals surface area (Å²) in [5.74, 6) is 0.473. The fourth-order valence-electron chi connectivity index (χ4n) is 3.83. The quantitative estimate of drug-likeness (QED) is 0.894. The number of nitrogens with one attached hydrogen (secondary N) is 1. The van der Waals surface area contributed by atoms with E-state index in [4.69, 9.17) is 9.26 Å². The first-order chi connectivity index (χ1) is 11.0. The van der Waals surface area contributed by atoms with E-state index in [-0.39, 0.29) is 23.1 Å². The molecule has 0 unspecified atom stereocenters. The average Bonchev–Trinajstić information content (AvgIpc) is 3.02. The third-order valence-electron chi connectivity index (χ3n) is 5.30. The van der Waals surface area contributed by atoms with Gasteiger partial charge in [-0.15, -0.1) is 0 Å². The highest BCUT2D eigenvalue weighted by atomic mass is 16.5. The Morgan fingerprint density at radius 2 is 2.13 bits per heavy atom. The maximum atomic E-state index is 12.7. The Balaban J connectivity index is 1.71. The van der Waals surface area contributed by atoms with Gasteiger partial charge in [0.15, 0.2) is 0 Å². The Hall–Kier alpha value is -1.89. The van der Waals surface area contributed by atoms with Crippen LogP contribution in [-0.2, 0) is 9.53 Å². The van der Waals surface area contributed by atoms with Gasteiger partial charge >= 0.3 is 0 Å². The maximum absolute atomic E-state index is 12.7. The Morgan fingerprint density at radius 3 is 2.70 bits per heavy atom. The lowest BCUT2D eigenvalue weighted by atomic mass is 9.71. The molecule has 2 aliphatic heterocycles. The van der Waals surface area contributed by atoms with Crippen LogP contribution in [0.5, 0.6) is 0 Å². The molecule has 1 aromatic rings. The predicted octanol–water partition coefficient (Wildman–Crippen LogP) is 0.906. The predicted molar refractivity (Wildman–Crippen MR) is 81.9 cm³/mol. The van der Waals surface area contributed by atoms with Crippen molar-refractivity contribution in [1.29, 1.82) is 0 Å². The fraction of sp³-hybridized carbons (Fsp3) is 0.688. The van der Waals surface area contributed by atoms with Crippen LogP contribution in [0, 0.1) is 25.2 Å². The summed E-state index contributed by atoms with van der Waals surface area (Å²) in [6.07, 6.45) is 1.60. The molecule has 0 aliphatic carbocycles. The van der Waals surface area contributed by atoms with Crippen molar-refractivity contribution in [1.82, 2.24) is 15.4 Å². The van der Waals surface area contributed by atoms with Gasteiger partial charge < -0.3 is 19.5 Å². The second-order valence-electron chi connectivity index (χ2n) is 6.58. The molecular weight excluding hydrogens is 298 g/mol. The molecule has 0 saturated carbocycles. The van der Waals surface area contributed by atoms with E-state index in [0.717, 1.165) is 12.8 Å². The molecule has 1 spiro atoms. The molecule has 0 bridgehead atoms. The topological polar surface area (TPSA) is 84.7 Å². The number of amides is 2. The number of hydrogen-bond acceptors (Lipinski definition) is 5. The summed E-state index contributed by atoms with van der Waals surface area (Å²) in [5, 5.41) is 6.81. The van der Waals surface area contributed by atoms with E-state index in [1.165, 1.54) is 0 Å². The molecule has 1 N–H and O–H groups in total. The molecule has 126 valence electrons. The van der Waals surface area contributed by atoms with E-state index in [1.54, 1.807) is 21.0 Å². The van der Waals surface area contributed by atoms with Gasteiger partial charge in [0.1, 0.15) is 11.3 Å². The molecule has 0 radical (unpaired) electrons. The zero-order chi connectivity index (χ0) is 16.6. The third kappa shape index (κ3) is 2.63. The van der Waals surface area contributed by atoms with E-state index in [0.29, 0.717) is 43.3 Å². The lowest BCUT2D eigenvalue weighted by Gasteiger charge is -2.41. The monoisotopic (exact) mass is 321 g/mol. The van der Waals surface area contributed by atoms with E-state index in [9.17, 15) is 9.59 Å². The van der Waals surface area contributed by atoms with Crippen LogP contribution < -0.4 is 5.32 Å². The van der Waals surface area contributed by atoms with Gasteiger partial charge in [-0.3, -0.25) is 9.59 Å². The summed E-state index contributed by atoms with van der Waals surface area (Å²) < 4.78 is 10.3. The largest absolute Gasteiger partial charge is 0.384 e. The van der Waals surface area contributed by atoms with Crippen LogP contribution in [0.15, 0.2) is 4.52 Å². The zero-order valence-electron chi connectivity index (χ0n) is 13.8. The molecule has 1 atom stereocenters. The second kappa shape index (κ2) is 5.96. The highest BCUT2D eigenvalue weighted by Gasteiger charge is 2.50. The van der Waals surface area contributed by atoms with Gasteiger partial charge in [0, 0.05) is 32.2 Å². The van der Waals surface area contributed by atoms with Gasteiger partial charge in [0.05, 0.1) is 18.2 Å². The van der Waals surface area contributed by atoms with Gasteiger partial charge in [0.2, 0.25) is 5.91 Å². The summed E-state index contributed by atoms with van der Waals surface area (Å²) in [7, 11) is 1.62. The van der Waals surface area contributed by atoms with E-state index >= 15 is 0 Å². The Labute approximate surface area is 135 Å². The number of carbonyl (C=O) groups is 2. The Morgan fingerprint density at radius 1 is 1.43 bits per heavy atom. The number of hydrogen-bond donors (Lipinski definition) is 1. The van der Waals surface area contributed by atoms with Gasteiger partial charge in [-0.2, -0.15) is 0 Å². The molecule has 2 amide bonds. The van der Waals surface area contributed by atoms with Crippen molar-refractivity contribution in [2.24, 2.45) is 11.3 Å². The van der Waals surface area contributed by atoms with Crippen LogP contribution in [0.1, 0.15) is 34.7 Å². The maximum Gasteiger partial charge on any atom is 0.259 e. The number of ether oxygens (including phenoxy) is 1. The minimum absolute atomic E-state index is 0.0309. The van der Waals surface area contributed by atoms with Crippen molar-refractivity contribution in [3.05, 3.63) is 17.0 Å². The van der Waals surface area contributed by atoms with Crippen LogP contribution in [0.2, 0.25) is 0 Å².